The highest BCUT2D eigenvalue weighted by molar-refractivity contribution is 5.11. The zero-order chi connectivity index (χ0) is 24.4. The Morgan fingerprint density at radius 3 is 2.60 bits per heavy atom. The molecule has 0 aromatic heterocycles. The number of nitrogens with zero attached hydrogens (tertiary/aromatic N) is 2. The number of rotatable bonds is 7. The predicted octanol–water partition coefficient (Wildman–Crippen LogP) is 6.16. The molecule has 5 aliphatic rings. The van der Waals surface area contributed by atoms with E-state index in [4.69, 9.17) is 0 Å². The van der Waals surface area contributed by atoms with Crippen molar-refractivity contribution in [2.75, 3.05) is 39.3 Å². The lowest BCUT2D eigenvalue weighted by Crippen LogP contribution is -2.51. The zero-order valence-corrected chi connectivity index (χ0v) is 22.2. The van der Waals surface area contributed by atoms with Gasteiger partial charge in [-0.15, -0.1) is 0 Å². The summed E-state index contributed by atoms with van der Waals surface area (Å²) in [6.07, 6.45) is 13.9. The molecule has 7 atom stereocenters. The fourth-order valence-electron chi connectivity index (χ4n) is 9.00. The van der Waals surface area contributed by atoms with E-state index in [2.05, 4.69) is 16.7 Å². The molecule has 0 aromatic rings. The van der Waals surface area contributed by atoms with Crippen LogP contribution in [0.5, 0.6) is 0 Å². The number of hydrogen-bond acceptors (Lipinski definition) is 3. The molecule has 0 aromatic carbocycles. The minimum absolute atomic E-state index is 0.0392. The molecule has 0 amide bonds. The molecular weight excluding hydrogens is 442 g/mol. The first-order valence-corrected chi connectivity index (χ1v) is 15.0. The summed E-state index contributed by atoms with van der Waals surface area (Å²) in [5.74, 6) is 3.16. The second-order valence-corrected chi connectivity index (χ2v) is 13.1. The molecule has 2 saturated heterocycles. The number of aliphatic hydroxyl groups excluding tert-OH is 1. The summed E-state index contributed by atoms with van der Waals surface area (Å²) in [4.78, 5) is 5.07. The van der Waals surface area contributed by atoms with Gasteiger partial charge in [-0.25, -0.2) is 8.78 Å². The number of halogens is 2. The second-order valence-electron chi connectivity index (χ2n) is 13.1. The minimum Gasteiger partial charge on any atom is -0.392 e. The van der Waals surface area contributed by atoms with Gasteiger partial charge in [-0.2, -0.15) is 0 Å². The zero-order valence-electron chi connectivity index (χ0n) is 22.2. The molecule has 2 heterocycles. The Morgan fingerprint density at radius 1 is 1.03 bits per heavy atom. The van der Waals surface area contributed by atoms with E-state index >= 15 is 0 Å². The summed E-state index contributed by atoms with van der Waals surface area (Å²) < 4.78 is 27.2. The van der Waals surface area contributed by atoms with Crippen molar-refractivity contribution in [1.29, 1.82) is 0 Å². The van der Waals surface area contributed by atoms with E-state index in [9.17, 15) is 13.9 Å². The van der Waals surface area contributed by atoms with Crippen LogP contribution in [-0.4, -0.2) is 72.6 Å². The van der Waals surface area contributed by atoms with E-state index in [1.807, 2.05) is 0 Å². The monoisotopic (exact) mass is 492 g/mol. The normalized spacial score (nSPS) is 40.6. The molecular formula is C30H50F2N2O. The van der Waals surface area contributed by atoms with Gasteiger partial charge in [0.15, 0.2) is 0 Å². The maximum absolute atomic E-state index is 13.6. The Kier molecular flexibility index (Phi) is 8.56. The van der Waals surface area contributed by atoms with Gasteiger partial charge in [0, 0.05) is 19.5 Å². The SMILES string of the molecule is CC1CN(CC(O)C2CCN(CCCC3=CC(F)CC(F)C3)CC2)CCC12CCC1CCCC[C@H]12. The van der Waals surface area contributed by atoms with Crippen LogP contribution in [0.2, 0.25) is 0 Å². The summed E-state index contributed by atoms with van der Waals surface area (Å²) in [6.45, 7) is 8.80. The van der Waals surface area contributed by atoms with Crippen LogP contribution in [0.1, 0.15) is 90.4 Å². The summed E-state index contributed by atoms with van der Waals surface area (Å²) in [5, 5.41) is 11.1. The minimum atomic E-state index is -1.10. The van der Waals surface area contributed by atoms with Crippen molar-refractivity contribution < 1.29 is 13.9 Å². The number of allylic oxidation sites excluding steroid dienone is 2. The predicted molar refractivity (Wildman–Crippen MR) is 139 cm³/mol. The molecule has 2 aliphatic heterocycles. The summed E-state index contributed by atoms with van der Waals surface area (Å²) in [6, 6.07) is 0. The molecule has 1 N–H and O–H groups in total. The number of hydrogen-bond donors (Lipinski definition) is 1. The van der Waals surface area contributed by atoms with E-state index < -0.39 is 12.3 Å². The van der Waals surface area contributed by atoms with Gasteiger partial charge in [0.2, 0.25) is 0 Å². The number of fused-ring (bicyclic) bond motifs is 2. The van der Waals surface area contributed by atoms with Gasteiger partial charge in [0.25, 0.3) is 0 Å². The number of piperidine rings is 2. The van der Waals surface area contributed by atoms with Gasteiger partial charge < -0.3 is 14.9 Å². The third-order valence-corrected chi connectivity index (χ3v) is 11.0. The van der Waals surface area contributed by atoms with Gasteiger partial charge in [-0.1, -0.05) is 37.8 Å². The topological polar surface area (TPSA) is 26.7 Å². The van der Waals surface area contributed by atoms with Crippen molar-refractivity contribution >= 4 is 0 Å². The van der Waals surface area contributed by atoms with Crippen LogP contribution in [0, 0.1) is 29.1 Å². The number of alkyl halides is 2. The van der Waals surface area contributed by atoms with E-state index in [1.54, 1.807) is 6.08 Å². The molecule has 3 nitrogen and oxygen atoms in total. The third-order valence-electron chi connectivity index (χ3n) is 11.0. The first-order chi connectivity index (χ1) is 16.9. The average molecular weight is 493 g/mol. The Morgan fingerprint density at radius 2 is 1.83 bits per heavy atom. The molecule has 35 heavy (non-hydrogen) atoms. The second kappa shape index (κ2) is 11.5. The van der Waals surface area contributed by atoms with Gasteiger partial charge in [0.1, 0.15) is 12.3 Å². The largest absolute Gasteiger partial charge is 0.392 e. The van der Waals surface area contributed by atoms with E-state index in [0.717, 1.165) is 75.2 Å². The van der Waals surface area contributed by atoms with Gasteiger partial charge in [-0.3, -0.25) is 0 Å². The Balaban J connectivity index is 1.02. The summed E-state index contributed by atoms with van der Waals surface area (Å²) >= 11 is 0. The highest BCUT2D eigenvalue weighted by Crippen LogP contribution is 2.59. The number of likely N-dealkylation sites (tertiary alicyclic amines) is 2. The lowest BCUT2D eigenvalue weighted by Gasteiger charge is -2.50. The van der Waals surface area contributed by atoms with Crippen molar-refractivity contribution in [1.82, 2.24) is 9.80 Å². The number of β-amino-alcohol motifs (C(OH)–C–C–N with tert-alkyl or cyclic N) is 1. The van der Waals surface area contributed by atoms with Crippen LogP contribution in [-0.2, 0) is 0 Å². The molecule has 200 valence electrons. The Labute approximate surface area is 212 Å². The molecule has 1 spiro atoms. The quantitative estimate of drug-likeness (QED) is 0.431. The van der Waals surface area contributed by atoms with Gasteiger partial charge in [0.05, 0.1) is 6.10 Å². The Bertz CT molecular complexity index is 723. The first kappa shape index (κ1) is 26.1. The van der Waals surface area contributed by atoms with Crippen LogP contribution in [0.25, 0.3) is 0 Å². The van der Waals surface area contributed by atoms with Crippen LogP contribution in [0.4, 0.5) is 8.78 Å². The van der Waals surface area contributed by atoms with Crippen LogP contribution < -0.4 is 0 Å². The first-order valence-electron chi connectivity index (χ1n) is 15.0. The van der Waals surface area contributed by atoms with E-state index in [1.165, 1.54) is 58.0 Å². The maximum atomic E-state index is 13.6. The van der Waals surface area contributed by atoms with Crippen molar-refractivity contribution in [3.63, 3.8) is 0 Å². The van der Waals surface area contributed by atoms with Crippen molar-refractivity contribution in [3.8, 4) is 0 Å². The molecule has 0 bridgehead atoms. The lowest BCUT2D eigenvalue weighted by atomic mass is 9.60. The standard InChI is InChI=1S/C30H50F2N2O/c1-22-20-34(16-12-30(22)11-8-24-6-2-3-7-28(24)30)21-29(35)25-9-14-33(15-10-25)13-4-5-23-17-26(31)19-27(32)18-23/h17,22,24-29,35H,2-16,18-21H2,1H3/t22?,24?,26?,27?,28-,29?,30?/m1/s1. The van der Waals surface area contributed by atoms with Crippen LogP contribution in [0.3, 0.4) is 0 Å². The van der Waals surface area contributed by atoms with Crippen LogP contribution in [0.15, 0.2) is 11.6 Å². The van der Waals surface area contributed by atoms with E-state index in [0.29, 0.717) is 17.8 Å². The van der Waals surface area contributed by atoms with Crippen molar-refractivity contribution in [2.45, 2.75) is 109 Å². The van der Waals surface area contributed by atoms with Gasteiger partial charge >= 0.3 is 0 Å². The van der Waals surface area contributed by atoms with E-state index in [-0.39, 0.29) is 12.5 Å². The molecule has 0 radical (unpaired) electrons. The lowest BCUT2D eigenvalue weighted by molar-refractivity contribution is -0.0343. The molecule has 6 unspecified atom stereocenters. The smallest absolute Gasteiger partial charge is 0.121 e. The van der Waals surface area contributed by atoms with Gasteiger partial charge in [-0.05, 0) is 113 Å². The van der Waals surface area contributed by atoms with Crippen molar-refractivity contribution in [2.24, 2.45) is 29.1 Å². The fourth-order valence-corrected chi connectivity index (χ4v) is 9.00. The van der Waals surface area contributed by atoms with Crippen molar-refractivity contribution in [3.05, 3.63) is 11.6 Å². The fraction of sp³-hybridized carbons (Fsp3) is 0.933. The molecule has 3 aliphatic carbocycles. The molecule has 2 saturated carbocycles. The highest BCUT2D eigenvalue weighted by atomic mass is 19.1. The third kappa shape index (κ3) is 5.98. The average Bonchev–Trinajstić information content (AvgIpc) is 3.21. The maximum Gasteiger partial charge on any atom is 0.121 e. The molecule has 4 fully saturated rings. The van der Waals surface area contributed by atoms with Crippen LogP contribution >= 0.6 is 0 Å². The molecule has 5 heteroatoms. The Hall–Kier alpha value is -0.520. The number of aliphatic hydroxyl groups is 1. The highest BCUT2D eigenvalue weighted by Gasteiger charge is 2.53. The summed E-state index contributed by atoms with van der Waals surface area (Å²) in [7, 11) is 0. The molecule has 5 rings (SSSR count). The summed E-state index contributed by atoms with van der Waals surface area (Å²) in [5.41, 5.74) is 1.57.